The topological polar surface area (TPSA) is 56.0 Å². The van der Waals surface area contributed by atoms with E-state index in [1.165, 1.54) is 0 Å². The van der Waals surface area contributed by atoms with Crippen molar-refractivity contribution in [2.24, 2.45) is 0 Å². The van der Waals surface area contributed by atoms with Crippen molar-refractivity contribution < 1.29 is 5.21 Å². The highest BCUT2D eigenvalue weighted by atomic mass is 16.5. The van der Waals surface area contributed by atoms with E-state index in [1.54, 1.807) is 24.3 Å². The Bertz CT molecular complexity index is 265. The van der Waals surface area contributed by atoms with Gasteiger partial charge < -0.3 is 0 Å². The standard InChI is InChI=1S/C7H6N2O/c8-5-6-2-1-3-7(4-6)9-10/h1-4,9-10H. The molecular formula is C7H6N2O. The van der Waals surface area contributed by atoms with E-state index in [-0.39, 0.29) is 0 Å². The van der Waals surface area contributed by atoms with Crippen molar-refractivity contribution >= 4 is 5.69 Å². The number of benzene rings is 1. The summed E-state index contributed by atoms with van der Waals surface area (Å²) in [4.78, 5) is 0. The molecule has 0 radical (unpaired) electrons. The molecule has 3 heteroatoms. The first-order chi connectivity index (χ1) is 4.86. The van der Waals surface area contributed by atoms with Crippen LogP contribution in [0.2, 0.25) is 0 Å². The Labute approximate surface area is 58.5 Å². The van der Waals surface area contributed by atoms with Crippen molar-refractivity contribution in [3.63, 3.8) is 0 Å². The van der Waals surface area contributed by atoms with Gasteiger partial charge in [0.15, 0.2) is 0 Å². The van der Waals surface area contributed by atoms with Gasteiger partial charge in [0, 0.05) is 0 Å². The fourth-order valence-corrected chi connectivity index (χ4v) is 0.658. The van der Waals surface area contributed by atoms with Gasteiger partial charge in [-0.3, -0.25) is 10.7 Å². The van der Waals surface area contributed by atoms with E-state index >= 15 is 0 Å². The molecule has 0 amide bonds. The van der Waals surface area contributed by atoms with Crippen LogP contribution in [0.4, 0.5) is 5.69 Å². The summed E-state index contributed by atoms with van der Waals surface area (Å²) in [5, 5.41) is 16.8. The number of nitrogens with zero attached hydrogens (tertiary/aromatic N) is 1. The Kier molecular flexibility index (Phi) is 1.88. The van der Waals surface area contributed by atoms with Crippen LogP contribution in [0, 0.1) is 11.3 Å². The predicted octanol–water partition coefficient (Wildman–Crippen LogP) is 1.36. The van der Waals surface area contributed by atoms with Gasteiger partial charge in [0.2, 0.25) is 0 Å². The molecule has 1 rings (SSSR count). The molecule has 10 heavy (non-hydrogen) atoms. The second-order valence-electron chi connectivity index (χ2n) is 1.80. The van der Waals surface area contributed by atoms with Crippen molar-refractivity contribution in [2.75, 3.05) is 5.48 Å². The molecule has 0 saturated heterocycles. The van der Waals surface area contributed by atoms with Gasteiger partial charge in [-0.15, -0.1) is 0 Å². The summed E-state index contributed by atoms with van der Waals surface area (Å²) < 4.78 is 0. The molecule has 0 aromatic heterocycles. The van der Waals surface area contributed by atoms with Crippen molar-refractivity contribution in [2.45, 2.75) is 0 Å². The van der Waals surface area contributed by atoms with E-state index in [1.807, 2.05) is 11.5 Å². The Morgan fingerprint density at radius 2 is 2.30 bits per heavy atom. The summed E-state index contributed by atoms with van der Waals surface area (Å²) in [6.45, 7) is 0. The van der Waals surface area contributed by atoms with E-state index < -0.39 is 0 Å². The summed E-state index contributed by atoms with van der Waals surface area (Å²) >= 11 is 0. The van der Waals surface area contributed by atoms with Gasteiger partial charge >= 0.3 is 0 Å². The van der Waals surface area contributed by atoms with Gasteiger partial charge in [0.25, 0.3) is 0 Å². The van der Waals surface area contributed by atoms with Gasteiger partial charge in [0.1, 0.15) is 0 Å². The first-order valence-corrected chi connectivity index (χ1v) is 2.77. The molecule has 0 atom stereocenters. The summed E-state index contributed by atoms with van der Waals surface area (Å²) in [6, 6.07) is 8.53. The van der Waals surface area contributed by atoms with E-state index in [0.717, 1.165) is 0 Å². The van der Waals surface area contributed by atoms with E-state index in [2.05, 4.69) is 0 Å². The lowest BCUT2D eigenvalue weighted by Crippen LogP contribution is -1.88. The Balaban J connectivity index is 3.01. The predicted molar refractivity (Wildman–Crippen MR) is 36.6 cm³/mol. The fraction of sp³-hybridized carbons (Fsp3) is 0. The SMILES string of the molecule is N#Cc1cccc(NO)c1. The summed E-state index contributed by atoms with van der Waals surface area (Å²) in [5.74, 6) is 0. The lowest BCUT2D eigenvalue weighted by molar-refractivity contribution is 0.389. The third-order valence-corrected chi connectivity index (χ3v) is 1.12. The number of nitrogens with one attached hydrogen (secondary N) is 1. The lowest BCUT2D eigenvalue weighted by Gasteiger charge is -1.95. The summed E-state index contributed by atoms with van der Waals surface area (Å²) in [5.41, 5.74) is 3.00. The Morgan fingerprint density at radius 1 is 1.50 bits per heavy atom. The quantitative estimate of drug-likeness (QED) is 0.570. The van der Waals surface area contributed by atoms with Gasteiger partial charge in [-0.25, -0.2) is 0 Å². The van der Waals surface area contributed by atoms with Crippen molar-refractivity contribution in [3.05, 3.63) is 29.8 Å². The molecule has 50 valence electrons. The third-order valence-electron chi connectivity index (χ3n) is 1.12. The normalized spacial score (nSPS) is 8.40. The van der Waals surface area contributed by atoms with Crippen molar-refractivity contribution in [1.29, 1.82) is 5.26 Å². The van der Waals surface area contributed by atoms with Crippen LogP contribution in [-0.4, -0.2) is 5.21 Å². The highest BCUT2D eigenvalue weighted by Gasteiger charge is 1.90. The molecule has 0 aliphatic carbocycles. The fourth-order valence-electron chi connectivity index (χ4n) is 0.658. The van der Waals surface area contributed by atoms with Crippen LogP contribution < -0.4 is 5.48 Å². The maximum Gasteiger partial charge on any atom is 0.0992 e. The molecule has 0 fully saturated rings. The van der Waals surface area contributed by atoms with Crippen LogP contribution in [0.15, 0.2) is 24.3 Å². The van der Waals surface area contributed by atoms with Gasteiger partial charge in [-0.2, -0.15) is 5.26 Å². The Morgan fingerprint density at radius 3 is 2.90 bits per heavy atom. The average Bonchev–Trinajstić information content (AvgIpc) is 2.05. The number of hydrogen-bond donors (Lipinski definition) is 2. The molecule has 1 aromatic carbocycles. The smallest absolute Gasteiger partial charge is 0.0992 e. The third kappa shape index (κ3) is 1.24. The first kappa shape index (κ1) is 6.59. The van der Waals surface area contributed by atoms with Crippen LogP contribution in [0.1, 0.15) is 5.56 Å². The number of nitriles is 1. The van der Waals surface area contributed by atoms with Crippen molar-refractivity contribution in [3.8, 4) is 6.07 Å². The molecule has 0 aliphatic heterocycles. The van der Waals surface area contributed by atoms with Crippen molar-refractivity contribution in [1.82, 2.24) is 0 Å². The maximum absolute atomic E-state index is 8.40. The molecule has 2 N–H and O–H groups in total. The molecule has 0 saturated carbocycles. The van der Waals surface area contributed by atoms with Crippen LogP contribution >= 0.6 is 0 Å². The van der Waals surface area contributed by atoms with Gasteiger partial charge in [-0.05, 0) is 18.2 Å². The molecule has 3 nitrogen and oxygen atoms in total. The minimum Gasteiger partial charge on any atom is -0.291 e. The molecular weight excluding hydrogens is 128 g/mol. The zero-order valence-corrected chi connectivity index (χ0v) is 5.20. The minimum absolute atomic E-state index is 0.527. The van der Waals surface area contributed by atoms with Crippen LogP contribution in [-0.2, 0) is 0 Å². The maximum atomic E-state index is 8.40. The molecule has 0 unspecified atom stereocenters. The summed E-state index contributed by atoms with van der Waals surface area (Å²) in [7, 11) is 0. The number of anilines is 1. The van der Waals surface area contributed by atoms with Gasteiger partial charge in [0.05, 0.1) is 17.3 Å². The molecule has 0 aliphatic rings. The summed E-state index contributed by atoms with van der Waals surface area (Å²) in [6.07, 6.45) is 0. The molecule has 0 bridgehead atoms. The second kappa shape index (κ2) is 2.85. The number of hydrogen-bond acceptors (Lipinski definition) is 3. The number of rotatable bonds is 1. The van der Waals surface area contributed by atoms with Crippen LogP contribution in [0.5, 0.6) is 0 Å². The molecule has 1 aromatic rings. The van der Waals surface area contributed by atoms with E-state index in [4.69, 9.17) is 10.5 Å². The Hall–Kier alpha value is -1.53. The van der Waals surface area contributed by atoms with Crippen LogP contribution in [0.25, 0.3) is 0 Å². The monoisotopic (exact) mass is 134 g/mol. The van der Waals surface area contributed by atoms with Crippen LogP contribution in [0.3, 0.4) is 0 Å². The van der Waals surface area contributed by atoms with E-state index in [0.29, 0.717) is 11.3 Å². The highest BCUT2D eigenvalue weighted by molar-refractivity contribution is 5.47. The average molecular weight is 134 g/mol. The first-order valence-electron chi connectivity index (χ1n) is 2.77. The second-order valence-corrected chi connectivity index (χ2v) is 1.80. The van der Waals surface area contributed by atoms with E-state index in [9.17, 15) is 0 Å². The largest absolute Gasteiger partial charge is 0.291 e. The molecule has 0 heterocycles. The minimum atomic E-state index is 0.527. The highest BCUT2D eigenvalue weighted by Crippen LogP contribution is 2.07. The lowest BCUT2D eigenvalue weighted by atomic mass is 10.2. The zero-order chi connectivity index (χ0) is 7.40. The zero-order valence-electron chi connectivity index (χ0n) is 5.20. The molecule has 0 spiro atoms. The van der Waals surface area contributed by atoms with Gasteiger partial charge in [-0.1, -0.05) is 6.07 Å².